The number of aliphatic hydroxyl groups is 1. The molecule has 2 unspecified atom stereocenters. The Hall–Kier alpha value is -0.120. The Bertz CT molecular complexity index is 233. The highest BCUT2D eigenvalue weighted by Crippen LogP contribution is 2.36. The largest absolute Gasteiger partial charge is 0.390 e. The lowest BCUT2D eigenvalue weighted by atomic mass is 9.80. The summed E-state index contributed by atoms with van der Waals surface area (Å²) in [6.07, 6.45) is 6.08. The normalized spacial score (nSPS) is 38.8. The summed E-state index contributed by atoms with van der Waals surface area (Å²) in [7, 11) is 0. The van der Waals surface area contributed by atoms with Crippen LogP contribution >= 0.6 is 0 Å². The van der Waals surface area contributed by atoms with E-state index in [9.17, 15) is 5.11 Å². The van der Waals surface area contributed by atoms with Crippen LogP contribution in [0.4, 0.5) is 0 Å². The predicted octanol–water partition coefficient (Wildman–Crippen LogP) is 2.27. The Morgan fingerprint density at radius 1 is 1.31 bits per heavy atom. The number of ether oxygens (including phenoxy) is 2. The van der Waals surface area contributed by atoms with Crippen molar-refractivity contribution in [3.05, 3.63) is 0 Å². The van der Waals surface area contributed by atoms with Crippen LogP contribution in [0.15, 0.2) is 0 Å². The molecular formula is C13H24O3. The fourth-order valence-electron chi connectivity index (χ4n) is 2.96. The van der Waals surface area contributed by atoms with E-state index >= 15 is 0 Å². The van der Waals surface area contributed by atoms with Gasteiger partial charge in [-0.2, -0.15) is 0 Å². The van der Waals surface area contributed by atoms with E-state index in [1.807, 2.05) is 0 Å². The van der Waals surface area contributed by atoms with Crippen molar-refractivity contribution in [2.45, 2.75) is 69.7 Å². The average molecular weight is 228 g/mol. The summed E-state index contributed by atoms with van der Waals surface area (Å²) in [6, 6.07) is 0. The van der Waals surface area contributed by atoms with E-state index in [1.54, 1.807) is 0 Å². The van der Waals surface area contributed by atoms with Crippen molar-refractivity contribution in [1.29, 1.82) is 0 Å². The zero-order valence-corrected chi connectivity index (χ0v) is 10.5. The Morgan fingerprint density at radius 2 is 2.12 bits per heavy atom. The molecule has 3 heteroatoms. The second-order valence-electron chi connectivity index (χ2n) is 5.93. The maximum atomic E-state index is 10.5. The quantitative estimate of drug-likeness (QED) is 0.805. The molecule has 1 N–H and O–H groups in total. The Labute approximate surface area is 98.1 Å². The van der Waals surface area contributed by atoms with E-state index in [-0.39, 0.29) is 5.60 Å². The highest BCUT2D eigenvalue weighted by Gasteiger charge is 2.39. The van der Waals surface area contributed by atoms with Crippen LogP contribution in [0.25, 0.3) is 0 Å². The summed E-state index contributed by atoms with van der Waals surface area (Å²) in [6.45, 7) is 5.69. The predicted molar refractivity (Wildman–Crippen MR) is 62.4 cm³/mol. The van der Waals surface area contributed by atoms with Gasteiger partial charge in [0, 0.05) is 13.0 Å². The summed E-state index contributed by atoms with van der Waals surface area (Å²) in [4.78, 5) is 0. The van der Waals surface area contributed by atoms with Crippen LogP contribution in [0, 0.1) is 0 Å². The highest BCUT2D eigenvalue weighted by molar-refractivity contribution is 4.91. The first kappa shape index (κ1) is 12.3. The number of rotatable bonds is 3. The molecule has 0 radical (unpaired) electrons. The van der Waals surface area contributed by atoms with Gasteiger partial charge in [0.2, 0.25) is 0 Å². The van der Waals surface area contributed by atoms with E-state index in [2.05, 4.69) is 13.8 Å². The van der Waals surface area contributed by atoms with E-state index in [0.29, 0.717) is 12.7 Å². The van der Waals surface area contributed by atoms with Gasteiger partial charge in [0.25, 0.3) is 0 Å². The van der Waals surface area contributed by atoms with Crippen molar-refractivity contribution in [2.75, 3.05) is 13.2 Å². The van der Waals surface area contributed by atoms with Gasteiger partial charge < -0.3 is 14.6 Å². The van der Waals surface area contributed by atoms with Gasteiger partial charge in [0.15, 0.2) is 0 Å². The van der Waals surface area contributed by atoms with Crippen LogP contribution < -0.4 is 0 Å². The topological polar surface area (TPSA) is 38.7 Å². The second-order valence-corrected chi connectivity index (χ2v) is 5.93. The van der Waals surface area contributed by atoms with Crippen LogP contribution in [-0.4, -0.2) is 35.6 Å². The van der Waals surface area contributed by atoms with Crippen LogP contribution in [0.3, 0.4) is 0 Å². The van der Waals surface area contributed by atoms with Crippen molar-refractivity contribution in [2.24, 2.45) is 0 Å². The van der Waals surface area contributed by atoms with Crippen molar-refractivity contribution in [3.8, 4) is 0 Å². The third-order valence-electron chi connectivity index (χ3n) is 3.77. The van der Waals surface area contributed by atoms with E-state index < -0.39 is 5.60 Å². The summed E-state index contributed by atoms with van der Waals surface area (Å²) in [5.41, 5.74) is -0.711. The molecule has 0 spiro atoms. The summed E-state index contributed by atoms with van der Waals surface area (Å²) in [5, 5.41) is 10.5. The van der Waals surface area contributed by atoms with Crippen molar-refractivity contribution < 1.29 is 14.6 Å². The first-order valence-corrected chi connectivity index (χ1v) is 6.47. The lowest BCUT2D eigenvalue weighted by Gasteiger charge is -2.42. The van der Waals surface area contributed by atoms with Crippen LogP contribution in [0.1, 0.15) is 52.4 Å². The van der Waals surface area contributed by atoms with Gasteiger partial charge >= 0.3 is 0 Å². The van der Waals surface area contributed by atoms with Gasteiger partial charge in [-0.25, -0.2) is 0 Å². The second kappa shape index (κ2) is 4.63. The molecule has 0 aliphatic carbocycles. The Morgan fingerprint density at radius 3 is 2.75 bits per heavy atom. The molecule has 2 heterocycles. The monoisotopic (exact) mass is 228 g/mol. The van der Waals surface area contributed by atoms with Crippen LogP contribution in [0.5, 0.6) is 0 Å². The van der Waals surface area contributed by atoms with Crippen molar-refractivity contribution in [3.63, 3.8) is 0 Å². The summed E-state index contributed by atoms with van der Waals surface area (Å²) in [5.74, 6) is 0. The van der Waals surface area contributed by atoms with Crippen LogP contribution in [0.2, 0.25) is 0 Å². The van der Waals surface area contributed by atoms with Gasteiger partial charge in [-0.3, -0.25) is 0 Å². The minimum atomic E-state index is -0.534. The van der Waals surface area contributed by atoms with E-state index in [1.165, 1.54) is 6.42 Å². The molecule has 0 aromatic heterocycles. The molecule has 2 aliphatic heterocycles. The molecule has 0 bridgehead atoms. The fourth-order valence-corrected chi connectivity index (χ4v) is 2.96. The minimum absolute atomic E-state index is 0.177. The van der Waals surface area contributed by atoms with E-state index in [4.69, 9.17) is 9.47 Å². The first-order chi connectivity index (χ1) is 7.49. The Balaban J connectivity index is 1.82. The molecule has 3 nitrogen and oxygen atoms in total. The van der Waals surface area contributed by atoms with Crippen molar-refractivity contribution in [1.82, 2.24) is 0 Å². The van der Waals surface area contributed by atoms with Crippen molar-refractivity contribution >= 4 is 0 Å². The average Bonchev–Trinajstić information content (AvgIpc) is 2.65. The molecule has 0 aromatic carbocycles. The molecule has 2 saturated heterocycles. The standard InChI is InChI=1S/C13H24O3/c1-12(2)10-13(14,7-9-16-12)6-5-11-4-3-8-15-11/h11,14H,3-10H2,1-2H3. The minimum Gasteiger partial charge on any atom is -0.390 e. The molecule has 0 aromatic rings. The van der Waals surface area contributed by atoms with E-state index in [0.717, 1.165) is 38.7 Å². The molecule has 16 heavy (non-hydrogen) atoms. The molecule has 0 amide bonds. The summed E-state index contributed by atoms with van der Waals surface area (Å²) >= 11 is 0. The third-order valence-corrected chi connectivity index (χ3v) is 3.77. The third kappa shape index (κ3) is 3.19. The zero-order chi connectivity index (χ0) is 11.6. The summed E-state index contributed by atoms with van der Waals surface area (Å²) < 4.78 is 11.2. The number of hydrogen-bond acceptors (Lipinski definition) is 3. The van der Waals surface area contributed by atoms with Crippen LogP contribution in [-0.2, 0) is 9.47 Å². The smallest absolute Gasteiger partial charge is 0.0697 e. The SMILES string of the molecule is CC1(C)CC(O)(CCC2CCCO2)CCO1. The zero-order valence-electron chi connectivity index (χ0n) is 10.5. The molecule has 0 saturated carbocycles. The number of hydrogen-bond donors (Lipinski definition) is 1. The molecule has 2 aliphatic rings. The lowest BCUT2D eigenvalue weighted by Crippen LogP contribution is -2.46. The van der Waals surface area contributed by atoms with Gasteiger partial charge in [0.05, 0.1) is 23.9 Å². The maximum absolute atomic E-state index is 10.5. The molecule has 2 fully saturated rings. The lowest BCUT2D eigenvalue weighted by molar-refractivity contribution is -0.149. The Kier molecular flexibility index (Phi) is 3.57. The molecule has 2 rings (SSSR count). The fraction of sp³-hybridized carbons (Fsp3) is 1.00. The molecular weight excluding hydrogens is 204 g/mol. The molecule has 94 valence electrons. The van der Waals surface area contributed by atoms with Gasteiger partial charge in [-0.05, 0) is 46.0 Å². The highest BCUT2D eigenvalue weighted by atomic mass is 16.5. The maximum Gasteiger partial charge on any atom is 0.0697 e. The van der Waals surface area contributed by atoms with Gasteiger partial charge in [-0.15, -0.1) is 0 Å². The van der Waals surface area contributed by atoms with Gasteiger partial charge in [0.1, 0.15) is 0 Å². The van der Waals surface area contributed by atoms with Gasteiger partial charge in [-0.1, -0.05) is 0 Å². The molecule has 2 atom stereocenters. The first-order valence-electron chi connectivity index (χ1n) is 6.47.